The highest BCUT2D eigenvalue weighted by molar-refractivity contribution is 5.14. The quantitative estimate of drug-likeness (QED) is 0.638. The number of rotatable bonds is 5. The van der Waals surface area contributed by atoms with Gasteiger partial charge >= 0.3 is 0 Å². The number of aromatic nitrogens is 2. The molecule has 0 radical (unpaired) electrons. The first kappa shape index (κ1) is 15.5. The van der Waals surface area contributed by atoms with Crippen LogP contribution in [0, 0.1) is 5.92 Å². The smallest absolute Gasteiger partial charge is 0.0950 e. The van der Waals surface area contributed by atoms with Gasteiger partial charge in [0.15, 0.2) is 0 Å². The van der Waals surface area contributed by atoms with E-state index in [2.05, 4.69) is 54.0 Å². The Morgan fingerprint density at radius 3 is 2.60 bits per heavy atom. The Kier molecular flexibility index (Phi) is 4.83. The summed E-state index contributed by atoms with van der Waals surface area (Å²) in [6.07, 6.45) is 8.85. The van der Waals surface area contributed by atoms with Gasteiger partial charge in [0.05, 0.1) is 18.1 Å². The van der Waals surface area contributed by atoms with Crippen LogP contribution in [-0.2, 0) is 6.54 Å². The highest BCUT2D eigenvalue weighted by atomic mass is 15.3. The summed E-state index contributed by atoms with van der Waals surface area (Å²) in [5.41, 5.74) is 4.16. The fourth-order valence-electron chi connectivity index (χ4n) is 3.47. The lowest BCUT2D eigenvalue weighted by Crippen LogP contribution is -2.57. The van der Waals surface area contributed by atoms with Crippen molar-refractivity contribution in [3.63, 3.8) is 0 Å². The lowest BCUT2D eigenvalue weighted by atomic mass is 9.71. The van der Waals surface area contributed by atoms with Crippen molar-refractivity contribution in [3.05, 3.63) is 18.2 Å². The molecule has 3 N–H and O–H groups in total. The molecule has 0 bridgehead atoms. The molecule has 1 fully saturated rings. The molecule has 0 amide bonds. The number of likely N-dealkylation sites (N-methyl/N-ethyl adjacent to an activating group) is 1. The summed E-state index contributed by atoms with van der Waals surface area (Å²) < 4.78 is 2.11. The molecular weight excluding hydrogens is 250 g/mol. The van der Waals surface area contributed by atoms with Gasteiger partial charge in [-0.1, -0.05) is 6.92 Å². The van der Waals surface area contributed by atoms with E-state index in [0.29, 0.717) is 0 Å². The Morgan fingerprint density at radius 1 is 1.50 bits per heavy atom. The SMILES string of the molecule is CCn1cnc(C(NN)C2(N(C)C)CCC(C)CC2)c1. The standard InChI is InChI=1S/C15H29N5/c1-5-20-10-13(17-11-20)14(18-16)15(19(3)4)8-6-12(2)7-9-15/h10-12,14,18H,5-9,16H2,1-4H3. The Hall–Kier alpha value is -0.910. The molecule has 0 aliphatic heterocycles. The predicted molar refractivity (Wildman–Crippen MR) is 82.0 cm³/mol. The van der Waals surface area contributed by atoms with Gasteiger partial charge in [-0.25, -0.2) is 10.4 Å². The van der Waals surface area contributed by atoms with Gasteiger partial charge in [-0.05, 0) is 52.6 Å². The molecule has 1 atom stereocenters. The molecule has 114 valence electrons. The fraction of sp³-hybridized carbons (Fsp3) is 0.800. The molecule has 5 nitrogen and oxygen atoms in total. The number of imidazole rings is 1. The van der Waals surface area contributed by atoms with E-state index in [1.807, 2.05) is 6.33 Å². The largest absolute Gasteiger partial charge is 0.337 e. The van der Waals surface area contributed by atoms with E-state index < -0.39 is 0 Å². The van der Waals surface area contributed by atoms with E-state index in [9.17, 15) is 0 Å². The van der Waals surface area contributed by atoms with Gasteiger partial charge in [-0.3, -0.25) is 5.84 Å². The Bertz CT molecular complexity index is 418. The van der Waals surface area contributed by atoms with Crippen LogP contribution in [0.25, 0.3) is 0 Å². The van der Waals surface area contributed by atoms with E-state index in [1.54, 1.807) is 0 Å². The van der Waals surface area contributed by atoms with Crippen LogP contribution in [0.15, 0.2) is 12.5 Å². The van der Waals surface area contributed by atoms with Gasteiger partial charge < -0.3 is 9.47 Å². The van der Waals surface area contributed by atoms with E-state index in [4.69, 9.17) is 5.84 Å². The van der Waals surface area contributed by atoms with Crippen LogP contribution in [0.3, 0.4) is 0 Å². The van der Waals surface area contributed by atoms with Crippen LogP contribution in [0.4, 0.5) is 0 Å². The maximum Gasteiger partial charge on any atom is 0.0950 e. The number of hydrogen-bond donors (Lipinski definition) is 2. The number of nitrogens with zero attached hydrogens (tertiary/aromatic N) is 3. The van der Waals surface area contributed by atoms with Crippen LogP contribution < -0.4 is 11.3 Å². The topological polar surface area (TPSA) is 59.1 Å². The van der Waals surface area contributed by atoms with Crippen LogP contribution in [0.2, 0.25) is 0 Å². The molecule has 0 spiro atoms. The van der Waals surface area contributed by atoms with Crippen molar-refractivity contribution in [2.45, 2.75) is 57.7 Å². The summed E-state index contributed by atoms with van der Waals surface area (Å²) in [6, 6.07) is 0.0813. The minimum atomic E-state index is 0.0637. The summed E-state index contributed by atoms with van der Waals surface area (Å²) in [4.78, 5) is 6.92. The van der Waals surface area contributed by atoms with Crippen LogP contribution >= 0.6 is 0 Å². The molecule has 1 saturated carbocycles. The zero-order chi connectivity index (χ0) is 14.8. The number of hydrogen-bond acceptors (Lipinski definition) is 4. The molecule has 1 aromatic rings. The average Bonchev–Trinajstić information content (AvgIpc) is 2.90. The molecule has 1 heterocycles. The molecule has 0 aromatic carbocycles. The molecule has 2 rings (SSSR count). The molecule has 0 saturated heterocycles. The lowest BCUT2D eigenvalue weighted by molar-refractivity contribution is 0.0415. The van der Waals surface area contributed by atoms with Gasteiger partial charge in [-0.15, -0.1) is 0 Å². The van der Waals surface area contributed by atoms with Gasteiger partial charge in [0, 0.05) is 18.3 Å². The van der Waals surface area contributed by atoms with Crippen molar-refractivity contribution in [3.8, 4) is 0 Å². The summed E-state index contributed by atoms with van der Waals surface area (Å²) >= 11 is 0. The first-order valence-corrected chi connectivity index (χ1v) is 7.68. The summed E-state index contributed by atoms with van der Waals surface area (Å²) in [5, 5.41) is 0. The fourth-order valence-corrected chi connectivity index (χ4v) is 3.47. The van der Waals surface area contributed by atoms with Gasteiger partial charge in [0.2, 0.25) is 0 Å². The number of nitrogens with one attached hydrogen (secondary N) is 1. The molecule has 1 aliphatic rings. The third kappa shape index (κ3) is 2.75. The zero-order valence-electron chi connectivity index (χ0n) is 13.3. The molecule has 1 aliphatic carbocycles. The van der Waals surface area contributed by atoms with Crippen molar-refractivity contribution in [2.75, 3.05) is 14.1 Å². The maximum absolute atomic E-state index is 5.92. The Balaban J connectivity index is 2.30. The van der Waals surface area contributed by atoms with Gasteiger partial charge in [0.1, 0.15) is 0 Å². The van der Waals surface area contributed by atoms with Crippen molar-refractivity contribution in [2.24, 2.45) is 11.8 Å². The Morgan fingerprint density at radius 2 is 2.15 bits per heavy atom. The van der Waals surface area contributed by atoms with Crippen LogP contribution in [0.1, 0.15) is 51.3 Å². The summed E-state index contributed by atoms with van der Waals surface area (Å²) in [5.74, 6) is 6.73. The molecular formula is C15H29N5. The predicted octanol–water partition coefficient (Wildman–Crippen LogP) is 1.92. The van der Waals surface area contributed by atoms with Gasteiger partial charge in [0.25, 0.3) is 0 Å². The van der Waals surface area contributed by atoms with Crippen LogP contribution in [-0.4, -0.2) is 34.1 Å². The van der Waals surface area contributed by atoms with E-state index in [1.165, 1.54) is 12.8 Å². The average molecular weight is 279 g/mol. The molecule has 1 aromatic heterocycles. The Labute approximate surface area is 122 Å². The van der Waals surface area contributed by atoms with Crippen molar-refractivity contribution >= 4 is 0 Å². The molecule has 5 heteroatoms. The second-order valence-corrected chi connectivity index (χ2v) is 6.41. The minimum absolute atomic E-state index is 0.0637. The van der Waals surface area contributed by atoms with E-state index in [0.717, 1.165) is 31.0 Å². The van der Waals surface area contributed by atoms with Gasteiger partial charge in [-0.2, -0.15) is 0 Å². The zero-order valence-corrected chi connectivity index (χ0v) is 13.3. The van der Waals surface area contributed by atoms with Crippen molar-refractivity contribution < 1.29 is 0 Å². The highest BCUT2D eigenvalue weighted by Crippen LogP contribution is 2.42. The maximum atomic E-state index is 5.92. The first-order chi connectivity index (χ1) is 9.53. The number of nitrogens with two attached hydrogens (primary N) is 1. The third-order valence-corrected chi connectivity index (χ3v) is 5.05. The normalized spacial score (nSPS) is 28.8. The minimum Gasteiger partial charge on any atom is -0.337 e. The highest BCUT2D eigenvalue weighted by Gasteiger charge is 2.44. The van der Waals surface area contributed by atoms with E-state index >= 15 is 0 Å². The monoisotopic (exact) mass is 279 g/mol. The summed E-state index contributed by atoms with van der Waals surface area (Å²) in [6.45, 7) is 5.41. The number of hydrazine groups is 1. The second-order valence-electron chi connectivity index (χ2n) is 6.41. The van der Waals surface area contributed by atoms with Crippen molar-refractivity contribution in [1.29, 1.82) is 0 Å². The lowest BCUT2D eigenvalue weighted by Gasteiger charge is -2.48. The molecule has 1 unspecified atom stereocenters. The van der Waals surface area contributed by atoms with E-state index in [-0.39, 0.29) is 11.6 Å². The summed E-state index contributed by atoms with van der Waals surface area (Å²) in [7, 11) is 4.33. The molecule has 20 heavy (non-hydrogen) atoms. The third-order valence-electron chi connectivity index (χ3n) is 5.05. The number of aryl methyl sites for hydroxylation is 1. The second kappa shape index (κ2) is 6.24. The first-order valence-electron chi connectivity index (χ1n) is 7.68. The van der Waals surface area contributed by atoms with Crippen LogP contribution in [0.5, 0.6) is 0 Å². The van der Waals surface area contributed by atoms with Crippen molar-refractivity contribution in [1.82, 2.24) is 19.9 Å².